The highest BCUT2D eigenvalue weighted by Gasteiger charge is 2.13. The Kier molecular flexibility index (Phi) is 2.89. The summed E-state index contributed by atoms with van der Waals surface area (Å²) in [6.07, 6.45) is 2.15. The van der Waals surface area contributed by atoms with Crippen LogP contribution in [0.25, 0.3) is 0 Å². The third-order valence-corrected chi connectivity index (χ3v) is 1.62. The first-order chi connectivity index (χ1) is 5.33. The van der Waals surface area contributed by atoms with Gasteiger partial charge >= 0.3 is 5.97 Å². The lowest BCUT2D eigenvalue weighted by molar-refractivity contribution is -0.449. The van der Waals surface area contributed by atoms with Crippen molar-refractivity contribution in [3.63, 3.8) is 0 Å². The van der Waals surface area contributed by atoms with E-state index in [0.29, 0.717) is 0 Å². The number of hydrogen-bond donors (Lipinski definition) is 2. The van der Waals surface area contributed by atoms with E-state index in [1.165, 1.54) is 7.11 Å². The summed E-state index contributed by atoms with van der Waals surface area (Å²) in [7, 11) is 1.39. The number of amidine groups is 1. The predicted octanol–water partition coefficient (Wildman–Crippen LogP) is -1.98. The lowest BCUT2D eigenvalue weighted by Gasteiger charge is -1.96. The fourth-order valence-electron chi connectivity index (χ4n) is 0.995. The maximum absolute atomic E-state index is 10.6. The second kappa shape index (κ2) is 3.95. The van der Waals surface area contributed by atoms with Crippen LogP contribution in [-0.2, 0) is 9.53 Å². The quantitative estimate of drug-likeness (QED) is 0.457. The van der Waals surface area contributed by atoms with Gasteiger partial charge in [0.2, 0.25) is 5.84 Å². The molecule has 2 N–H and O–H groups in total. The number of esters is 1. The molecule has 0 aromatic carbocycles. The lowest BCUT2D eigenvalue weighted by atomic mass is 10.3. The maximum Gasteiger partial charge on any atom is 0.347 e. The van der Waals surface area contributed by atoms with Crippen molar-refractivity contribution in [3.8, 4) is 0 Å². The van der Waals surface area contributed by atoms with E-state index in [0.717, 1.165) is 25.2 Å². The van der Waals surface area contributed by atoms with Crippen molar-refractivity contribution in [2.75, 3.05) is 20.2 Å². The Hall–Kier alpha value is -1.06. The van der Waals surface area contributed by atoms with Gasteiger partial charge in [-0.1, -0.05) is 0 Å². The van der Waals surface area contributed by atoms with Gasteiger partial charge in [-0.15, -0.1) is 0 Å². The van der Waals surface area contributed by atoms with Crippen LogP contribution in [0.15, 0.2) is 0 Å². The smallest absolute Gasteiger partial charge is 0.347 e. The minimum absolute atomic E-state index is 0.230. The number of ether oxygens (including phenoxy) is 1. The molecular weight excluding hydrogens is 144 g/mol. The van der Waals surface area contributed by atoms with Gasteiger partial charge in [-0.3, -0.25) is 10.3 Å². The Bertz CT molecular complexity index is 177. The predicted molar refractivity (Wildman–Crippen MR) is 40.1 cm³/mol. The molecule has 1 rings (SSSR count). The van der Waals surface area contributed by atoms with E-state index in [9.17, 15) is 4.79 Å². The number of rotatable bonds is 2. The zero-order valence-electron chi connectivity index (χ0n) is 6.64. The number of methoxy groups -OCH3 is 1. The fraction of sp³-hybridized carbons (Fsp3) is 0.714. The molecule has 0 atom stereocenters. The molecular formula is C7H13N2O2+. The molecule has 62 valence electrons. The van der Waals surface area contributed by atoms with Gasteiger partial charge in [0.25, 0.3) is 0 Å². The van der Waals surface area contributed by atoms with Crippen molar-refractivity contribution in [3.05, 3.63) is 0 Å². The van der Waals surface area contributed by atoms with Gasteiger partial charge in [-0.2, -0.15) is 0 Å². The first-order valence-corrected chi connectivity index (χ1v) is 3.73. The molecule has 0 bridgehead atoms. The van der Waals surface area contributed by atoms with Gasteiger partial charge in [-0.25, -0.2) is 4.79 Å². The summed E-state index contributed by atoms with van der Waals surface area (Å²) < 4.78 is 4.47. The summed E-state index contributed by atoms with van der Waals surface area (Å²) in [6.45, 7) is 1.27. The van der Waals surface area contributed by atoms with Crippen molar-refractivity contribution in [1.29, 1.82) is 0 Å². The maximum atomic E-state index is 10.6. The van der Waals surface area contributed by atoms with Crippen LogP contribution in [0.3, 0.4) is 0 Å². The van der Waals surface area contributed by atoms with E-state index < -0.39 is 0 Å². The number of carbonyl (C=O) groups excluding carboxylic acids is 1. The van der Waals surface area contributed by atoms with Crippen molar-refractivity contribution in [2.45, 2.75) is 12.8 Å². The van der Waals surface area contributed by atoms with Crippen LogP contribution >= 0.6 is 0 Å². The van der Waals surface area contributed by atoms with Crippen molar-refractivity contribution < 1.29 is 14.5 Å². The van der Waals surface area contributed by atoms with Gasteiger partial charge in [0.05, 0.1) is 20.1 Å². The van der Waals surface area contributed by atoms with Crippen LogP contribution in [0, 0.1) is 0 Å². The number of nitrogens with one attached hydrogen (secondary N) is 2. The minimum atomic E-state index is -0.230. The molecule has 0 aromatic heterocycles. The topological polar surface area (TPSA) is 52.3 Å². The van der Waals surface area contributed by atoms with Crippen LogP contribution in [0.2, 0.25) is 0 Å². The average Bonchev–Trinajstić information content (AvgIpc) is 2.52. The first-order valence-electron chi connectivity index (χ1n) is 3.73. The Morgan fingerprint density at radius 1 is 1.82 bits per heavy atom. The molecule has 0 fully saturated rings. The third kappa shape index (κ3) is 2.57. The molecule has 0 saturated carbocycles. The SMILES string of the molecule is COC(=O)CNC1=[NH+]CCC1. The van der Waals surface area contributed by atoms with Gasteiger partial charge in [0.1, 0.15) is 0 Å². The summed E-state index contributed by atoms with van der Waals surface area (Å²) >= 11 is 0. The van der Waals surface area contributed by atoms with E-state index in [-0.39, 0.29) is 12.5 Å². The van der Waals surface area contributed by atoms with E-state index >= 15 is 0 Å². The summed E-state index contributed by atoms with van der Waals surface area (Å²) in [5.74, 6) is 0.821. The van der Waals surface area contributed by atoms with Crippen LogP contribution < -0.4 is 10.3 Å². The number of hydrogen-bond acceptors (Lipinski definition) is 3. The van der Waals surface area contributed by atoms with Crippen molar-refractivity contribution >= 4 is 11.8 Å². The Morgan fingerprint density at radius 3 is 3.18 bits per heavy atom. The van der Waals surface area contributed by atoms with Crippen LogP contribution in [0.4, 0.5) is 0 Å². The Labute approximate surface area is 65.6 Å². The molecule has 0 aliphatic carbocycles. The van der Waals surface area contributed by atoms with Crippen LogP contribution in [-0.4, -0.2) is 32.0 Å². The fourth-order valence-corrected chi connectivity index (χ4v) is 0.995. The van der Waals surface area contributed by atoms with E-state index in [1.807, 2.05) is 0 Å². The largest absolute Gasteiger partial charge is 0.466 e. The average molecular weight is 157 g/mol. The third-order valence-electron chi connectivity index (χ3n) is 1.62. The second-order valence-electron chi connectivity index (χ2n) is 2.44. The Morgan fingerprint density at radius 2 is 2.64 bits per heavy atom. The highest BCUT2D eigenvalue weighted by Crippen LogP contribution is 1.86. The van der Waals surface area contributed by atoms with Crippen molar-refractivity contribution in [2.24, 2.45) is 0 Å². The van der Waals surface area contributed by atoms with E-state index in [4.69, 9.17) is 0 Å². The van der Waals surface area contributed by atoms with Gasteiger partial charge in [0.15, 0.2) is 6.54 Å². The molecule has 0 radical (unpaired) electrons. The molecule has 0 unspecified atom stereocenters. The summed E-state index contributed by atoms with van der Waals surface area (Å²) in [4.78, 5) is 13.8. The standard InChI is InChI=1S/C7H12N2O2/c1-11-7(10)5-9-6-3-2-4-8-6/h2-5H2,1H3,(H,8,9)/p+1. The second-order valence-corrected chi connectivity index (χ2v) is 2.44. The molecule has 4 nitrogen and oxygen atoms in total. The molecule has 0 saturated heterocycles. The number of carbonyl (C=O) groups is 1. The minimum Gasteiger partial charge on any atom is -0.466 e. The van der Waals surface area contributed by atoms with Gasteiger partial charge < -0.3 is 4.74 Å². The summed E-state index contributed by atoms with van der Waals surface area (Å²) in [5, 5.41) is 2.96. The molecule has 0 amide bonds. The molecule has 1 aliphatic rings. The van der Waals surface area contributed by atoms with E-state index in [1.54, 1.807) is 0 Å². The van der Waals surface area contributed by atoms with Crippen LogP contribution in [0.5, 0.6) is 0 Å². The lowest BCUT2D eigenvalue weighted by Crippen LogP contribution is -2.72. The molecule has 1 aliphatic heterocycles. The zero-order valence-corrected chi connectivity index (χ0v) is 6.64. The highest BCUT2D eigenvalue weighted by atomic mass is 16.5. The summed E-state index contributed by atoms with van der Waals surface area (Å²) in [5.41, 5.74) is 0. The van der Waals surface area contributed by atoms with Crippen LogP contribution in [0.1, 0.15) is 12.8 Å². The molecule has 0 aromatic rings. The summed E-state index contributed by atoms with van der Waals surface area (Å²) in [6, 6.07) is 0. The molecule has 4 heteroatoms. The van der Waals surface area contributed by atoms with Crippen molar-refractivity contribution in [1.82, 2.24) is 5.32 Å². The van der Waals surface area contributed by atoms with Gasteiger partial charge in [-0.05, 0) is 6.42 Å². The molecule has 0 spiro atoms. The first kappa shape index (κ1) is 8.04. The Balaban J connectivity index is 2.16. The highest BCUT2D eigenvalue weighted by molar-refractivity contribution is 5.82. The normalized spacial score (nSPS) is 15.9. The zero-order chi connectivity index (χ0) is 8.10. The molecule has 11 heavy (non-hydrogen) atoms. The van der Waals surface area contributed by atoms with E-state index in [2.05, 4.69) is 15.0 Å². The molecule has 1 heterocycles. The van der Waals surface area contributed by atoms with Gasteiger partial charge in [0, 0.05) is 0 Å². The monoisotopic (exact) mass is 157 g/mol.